The van der Waals surface area contributed by atoms with Crippen LogP contribution in [0.15, 0.2) is 54.7 Å². The van der Waals surface area contributed by atoms with Gasteiger partial charge in [-0.2, -0.15) is 18.3 Å². The summed E-state index contributed by atoms with van der Waals surface area (Å²) >= 11 is 0. The maximum Gasteiger partial charge on any atom is 0.416 e. The van der Waals surface area contributed by atoms with E-state index in [-0.39, 0.29) is 23.8 Å². The number of nitrogens with zero attached hydrogens (tertiary/aromatic N) is 7. The minimum absolute atomic E-state index is 0.0474. The molecule has 5 rings (SSSR count). The summed E-state index contributed by atoms with van der Waals surface area (Å²) in [5, 5.41) is 13.3. The van der Waals surface area contributed by atoms with Gasteiger partial charge in [0, 0.05) is 47.6 Å². The predicted molar refractivity (Wildman–Crippen MR) is 169 cm³/mol. The Hall–Kier alpha value is -4.15. The van der Waals surface area contributed by atoms with Gasteiger partial charge in [0.2, 0.25) is 5.91 Å². The van der Waals surface area contributed by atoms with Crippen LogP contribution in [0.2, 0.25) is 0 Å². The summed E-state index contributed by atoms with van der Waals surface area (Å²) in [7, 11) is 0. The molecule has 240 valence electrons. The normalized spacial score (nSPS) is 16.1. The molecule has 8 nitrogen and oxygen atoms in total. The Labute approximate surface area is 262 Å². The number of benzene rings is 2. The monoisotopic (exact) mass is 621 g/mol. The van der Waals surface area contributed by atoms with Crippen LogP contribution in [-0.4, -0.2) is 61.3 Å². The van der Waals surface area contributed by atoms with Crippen molar-refractivity contribution in [2.24, 2.45) is 5.41 Å². The second-order valence-electron chi connectivity index (χ2n) is 12.7. The number of hydrogen-bond donors (Lipinski definition) is 0. The lowest BCUT2D eigenvalue weighted by Gasteiger charge is -2.54. The van der Waals surface area contributed by atoms with Crippen molar-refractivity contribution in [2.45, 2.75) is 79.6 Å². The molecule has 0 radical (unpaired) electrons. The van der Waals surface area contributed by atoms with Crippen LogP contribution in [0, 0.1) is 19.3 Å². The third-order valence-electron chi connectivity index (χ3n) is 8.78. The second kappa shape index (κ2) is 12.7. The van der Waals surface area contributed by atoms with Crippen molar-refractivity contribution in [3.63, 3.8) is 0 Å². The maximum atomic E-state index is 13.6. The molecule has 45 heavy (non-hydrogen) atoms. The van der Waals surface area contributed by atoms with Crippen LogP contribution in [0.3, 0.4) is 0 Å². The number of hydrogen-bond acceptors (Lipinski definition) is 5. The highest BCUT2D eigenvalue weighted by Crippen LogP contribution is 2.39. The fraction of sp³-hybridized carbons (Fsp3) is 0.471. The molecule has 0 aliphatic carbocycles. The smallest absolute Gasteiger partial charge is 0.372 e. The molecule has 1 amide bonds. The number of aryl methyl sites for hydroxylation is 1. The SMILES string of the molecule is CCCN(CCC)c1ccc(-c2cn(CC3N(C(=O)Cc4c(C)nn(-c5cccc(C(F)(F)F)c5)c4C)CC3(C)C)nn2)cc1. The van der Waals surface area contributed by atoms with Crippen LogP contribution < -0.4 is 4.90 Å². The Balaban J connectivity index is 1.28. The first kappa shape index (κ1) is 32.2. The minimum atomic E-state index is -4.45. The summed E-state index contributed by atoms with van der Waals surface area (Å²) in [5.41, 5.74) is 4.42. The van der Waals surface area contributed by atoms with E-state index in [2.05, 4.69) is 72.3 Å². The van der Waals surface area contributed by atoms with Crippen LogP contribution in [0.5, 0.6) is 0 Å². The molecule has 1 aliphatic rings. The lowest BCUT2D eigenvalue weighted by Crippen LogP contribution is -2.65. The molecule has 2 aromatic carbocycles. The van der Waals surface area contributed by atoms with E-state index in [0.717, 1.165) is 54.9 Å². The molecule has 0 bridgehead atoms. The van der Waals surface area contributed by atoms with Gasteiger partial charge in [-0.15, -0.1) is 5.10 Å². The average Bonchev–Trinajstić information content (AvgIpc) is 3.59. The Morgan fingerprint density at radius 2 is 1.73 bits per heavy atom. The lowest BCUT2D eigenvalue weighted by molar-refractivity contribution is -0.152. The van der Waals surface area contributed by atoms with Crippen molar-refractivity contribution in [1.29, 1.82) is 0 Å². The highest BCUT2D eigenvalue weighted by Gasteiger charge is 2.48. The van der Waals surface area contributed by atoms with Crippen molar-refractivity contribution in [2.75, 3.05) is 24.5 Å². The van der Waals surface area contributed by atoms with Gasteiger partial charge in [-0.3, -0.25) is 4.79 Å². The van der Waals surface area contributed by atoms with Crippen molar-refractivity contribution in [1.82, 2.24) is 29.7 Å². The number of carbonyl (C=O) groups is 1. The van der Waals surface area contributed by atoms with Gasteiger partial charge in [0.05, 0.1) is 42.1 Å². The summed E-state index contributed by atoms with van der Waals surface area (Å²) in [4.78, 5) is 17.9. The van der Waals surface area contributed by atoms with Crippen molar-refractivity contribution in [3.8, 4) is 16.9 Å². The van der Waals surface area contributed by atoms with Crippen molar-refractivity contribution in [3.05, 3.63) is 77.2 Å². The molecular weight excluding hydrogens is 579 g/mol. The van der Waals surface area contributed by atoms with E-state index in [4.69, 9.17) is 0 Å². The van der Waals surface area contributed by atoms with Gasteiger partial charge in [-0.05, 0) is 57.0 Å². The lowest BCUT2D eigenvalue weighted by atomic mass is 9.74. The standard InChI is InChI=1S/C34H42F3N7O/c1-7-16-41(17-8-2)27-14-12-25(13-15-27)30-20-42(40-38-30)21-31-33(5,6)22-43(31)32(45)19-29-23(3)39-44(24(29)4)28-11-9-10-26(18-28)34(35,36)37/h9-15,18,20,31H,7-8,16-17,19,21-22H2,1-6H3. The zero-order valence-electron chi connectivity index (χ0n) is 26.9. The first-order valence-corrected chi connectivity index (χ1v) is 15.6. The topological polar surface area (TPSA) is 72.1 Å². The number of halogens is 3. The number of likely N-dealkylation sites (tertiary alicyclic amines) is 1. The molecule has 3 heterocycles. The highest BCUT2D eigenvalue weighted by atomic mass is 19.4. The van der Waals surface area contributed by atoms with Gasteiger partial charge in [-0.25, -0.2) is 9.36 Å². The zero-order valence-corrected chi connectivity index (χ0v) is 26.9. The Morgan fingerprint density at radius 1 is 1.04 bits per heavy atom. The van der Waals surface area contributed by atoms with Crippen LogP contribution >= 0.6 is 0 Å². The third-order valence-corrected chi connectivity index (χ3v) is 8.78. The largest absolute Gasteiger partial charge is 0.416 e. The molecule has 1 fully saturated rings. The maximum absolute atomic E-state index is 13.6. The van der Waals surface area contributed by atoms with Crippen LogP contribution in [-0.2, 0) is 23.9 Å². The number of alkyl halides is 3. The molecule has 0 spiro atoms. The third kappa shape index (κ3) is 6.77. The van der Waals surface area contributed by atoms with Gasteiger partial charge in [-0.1, -0.05) is 51.1 Å². The van der Waals surface area contributed by atoms with Crippen LogP contribution in [0.4, 0.5) is 18.9 Å². The van der Waals surface area contributed by atoms with Gasteiger partial charge in [0.1, 0.15) is 5.69 Å². The molecule has 0 N–H and O–H groups in total. The zero-order chi connectivity index (χ0) is 32.5. The first-order chi connectivity index (χ1) is 21.3. The van der Waals surface area contributed by atoms with Crippen LogP contribution in [0.1, 0.15) is 63.1 Å². The Bertz CT molecular complexity index is 1630. The second-order valence-corrected chi connectivity index (χ2v) is 12.7. The van der Waals surface area contributed by atoms with E-state index in [0.29, 0.717) is 30.2 Å². The van der Waals surface area contributed by atoms with E-state index >= 15 is 0 Å². The molecule has 1 unspecified atom stereocenters. The Kier molecular flexibility index (Phi) is 9.09. The summed E-state index contributed by atoms with van der Waals surface area (Å²) in [6, 6.07) is 13.4. The fourth-order valence-electron chi connectivity index (χ4n) is 6.27. The minimum Gasteiger partial charge on any atom is -0.372 e. The summed E-state index contributed by atoms with van der Waals surface area (Å²) in [6.45, 7) is 15.4. The molecular formula is C34H42F3N7O. The van der Waals surface area contributed by atoms with E-state index in [1.807, 2.05) is 11.1 Å². The number of aromatic nitrogens is 5. The highest BCUT2D eigenvalue weighted by molar-refractivity contribution is 5.81. The first-order valence-electron chi connectivity index (χ1n) is 15.6. The average molecular weight is 622 g/mol. The van der Waals surface area contributed by atoms with Crippen molar-refractivity contribution >= 4 is 11.6 Å². The number of rotatable bonds is 11. The van der Waals surface area contributed by atoms with E-state index in [1.165, 1.54) is 16.4 Å². The van der Waals surface area contributed by atoms with E-state index in [9.17, 15) is 18.0 Å². The summed E-state index contributed by atoms with van der Waals surface area (Å²) in [5.74, 6) is -0.0474. The van der Waals surface area contributed by atoms with Crippen molar-refractivity contribution < 1.29 is 18.0 Å². The van der Waals surface area contributed by atoms with E-state index in [1.54, 1.807) is 24.6 Å². The summed E-state index contributed by atoms with van der Waals surface area (Å²) < 4.78 is 43.2. The number of carbonyl (C=O) groups excluding carboxylic acids is 1. The Morgan fingerprint density at radius 3 is 2.36 bits per heavy atom. The predicted octanol–water partition coefficient (Wildman–Crippen LogP) is 6.87. The van der Waals surface area contributed by atoms with Gasteiger partial charge < -0.3 is 9.80 Å². The molecule has 11 heteroatoms. The fourth-order valence-corrected chi connectivity index (χ4v) is 6.27. The van der Waals surface area contributed by atoms with Crippen LogP contribution in [0.25, 0.3) is 16.9 Å². The molecule has 1 saturated heterocycles. The van der Waals surface area contributed by atoms with Gasteiger partial charge >= 0.3 is 6.18 Å². The number of amides is 1. The molecule has 1 aliphatic heterocycles. The molecule has 1 atom stereocenters. The summed E-state index contributed by atoms with van der Waals surface area (Å²) in [6.07, 6.45) is -0.226. The molecule has 2 aromatic heterocycles. The number of anilines is 1. The molecule has 0 saturated carbocycles. The van der Waals surface area contributed by atoms with Gasteiger partial charge in [0.15, 0.2) is 0 Å². The molecule has 4 aromatic rings. The van der Waals surface area contributed by atoms with Gasteiger partial charge in [0.25, 0.3) is 0 Å². The van der Waals surface area contributed by atoms with E-state index < -0.39 is 11.7 Å². The quantitative estimate of drug-likeness (QED) is 0.183.